The molecule has 28 heavy (non-hydrogen) atoms. The van der Waals surface area contributed by atoms with Gasteiger partial charge in [-0.1, -0.05) is 51.3 Å². The molecule has 3 nitrogen and oxygen atoms in total. The molecule has 1 heterocycles. The molecule has 156 valence electrons. The third kappa shape index (κ3) is 6.52. The summed E-state index contributed by atoms with van der Waals surface area (Å²) in [5.41, 5.74) is 12.0. The number of alkyl halides is 1. The molecule has 0 atom stereocenters. The minimum absolute atomic E-state index is 0.500. The standard InChI is InChI=1S/C21H29N3.C2H6.CH3F/c1-4-20(21(17(3)22)18-9-10-18)24-13-11-23(12-14-24)15-19-8-6-5-7-16(19)2;2*1-2/h4-8,18H,1,3,9-15,22H2,2H3;1-2H3;1H3/b21-20-;;. The number of aryl methyl sites for hydroxylation is 1. The molecule has 1 aromatic rings. The zero-order chi connectivity index (χ0) is 21.1. The Bertz CT molecular complexity index is 654. The van der Waals surface area contributed by atoms with E-state index >= 15 is 0 Å². The molecule has 0 aromatic heterocycles. The number of benzene rings is 1. The van der Waals surface area contributed by atoms with E-state index in [9.17, 15) is 4.39 Å². The van der Waals surface area contributed by atoms with Crippen LogP contribution in [-0.2, 0) is 6.54 Å². The van der Waals surface area contributed by atoms with E-state index in [1.54, 1.807) is 0 Å². The van der Waals surface area contributed by atoms with Crippen LogP contribution in [0.15, 0.2) is 60.5 Å². The molecule has 1 saturated heterocycles. The topological polar surface area (TPSA) is 32.5 Å². The third-order valence-corrected chi connectivity index (χ3v) is 5.17. The molecule has 1 aliphatic heterocycles. The van der Waals surface area contributed by atoms with E-state index in [0.29, 0.717) is 13.1 Å². The summed E-state index contributed by atoms with van der Waals surface area (Å²) in [7, 11) is 0.500. The lowest BCUT2D eigenvalue weighted by Gasteiger charge is -2.38. The summed E-state index contributed by atoms with van der Waals surface area (Å²) in [6.45, 7) is 19.5. The normalized spacial score (nSPS) is 17.4. The van der Waals surface area contributed by atoms with Crippen molar-refractivity contribution < 1.29 is 4.39 Å². The molecule has 0 amide bonds. The molecule has 1 saturated carbocycles. The largest absolute Gasteiger partial charge is 0.399 e. The van der Waals surface area contributed by atoms with Crippen LogP contribution in [0.4, 0.5) is 4.39 Å². The first-order chi connectivity index (χ1) is 13.6. The zero-order valence-corrected chi connectivity index (χ0v) is 18.2. The van der Waals surface area contributed by atoms with Crippen molar-refractivity contribution >= 4 is 0 Å². The SMILES string of the molecule is C=C/C(=C(\C(=C)N)C1CC1)N1CCN(Cc2ccccc2C)CC1.CC.CF. The summed E-state index contributed by atoms with van der Waals surface area (Å²) < 4.78 is 9.50. The smallest absolute Gasteiger partial charge is 0.0785 e. The van der Waals surface area contributed by atoms with E-state index in [1.807, 2.05) is 19.9 Å². The van der Waals surface area contributed by atoms with Crippen LogP contribution in [0.2, 0.25) is 0 Å². The van der Waals surface area contributed by atoms with Gasteiger partial charge in [0.1, 0.15) is 0 Å². The van der Waals surface area contributed by atoms with Gasteiger partial charge in [0.2, 0.25) is 0 Å². The lowest BCUT2D eigenvalue weighted by atomic mass is 10.0. The number of piperazine rings is 1. The van der Waals surface area contributed by atoms with Gasteiger partial charge in [-0.2, -0.15) is 0 Å². The number of nitrogens with two attached hydrogens (primary N) is 1. The van der Waals surface area contributed by atoms with Crippen LogP contribution >= 0.6 is 0 Å². The van der Waals surface area contributed by atoms with E-state index < -0.39 is 0 Å². The first-order valence-corrected chi connectivity index (χ1v) is 10.3. The van der Waals surface area contributed by atoms with E-state index in [2.05, 4.69) is 54.1 Å². The summed E-state index contributed by atoms with van der Waals surface area (Å²) in [4.78, 5) is 4.97. The van der Waals surface area contributed by atoms with Crippen molar-refractivity contribution in [2.75, 3.05) is 33.4 Å². The minimum atomic E-state index is 0.500. The molecule has 4 heteroatoms. The fourth-order valence-electron chi connectivity index (χ4n) is 3.59. The summed E-state index contributed by atoms with van der Waals surface area (Å²) >= 11 is 0. The number of halogens is 1. The Hall–Kier alpha value is -2.07. The summed E-state index contributed by atoms with van der Waals surface area (Å²) in [5.74, 6) is 0.598. The molecule has 0 radical (unpaired) electrons. The molecule has 0 bridgehead atoms. The van der Waals surface area contributed by atoms with Gasteiger partial charge >= 0.3 is 0 Å². The van der Waals surface area contributed by atoms with Crippen molar-refractivity contribution in [3.63, 3.8) is 0 Å². The second-order valence-corrected chi connectivity index (χ2v) is 6.99. The lowest BCUT2D eigenvalue weighted by molar-refractivity contribution is 0.154. The van der Waals surface area contributed by atoms with Crippen LogP contribution in [0.1, 0.15) is 37.8 Å². The van der Waals surface area contributed by atoms with Gasteiger partial charge in [-0.05, 0) is 42.9 Å². The summed E-state index contributed by atoms with van der Waals surface area (Å²) in [5, 5.41) is 0. The Kier molecular flexibility index (Phi) is 10.6. The Morgan fingerprint density at radius 2 is 1.71 bits per heavy atom. The Morgan fingerprint density at radius 1 is 1.14 bits per heavy atom. The van der Waals surface area contributed by atoms with Crippen LogP contribution in [0.25, 0.3) is 0 Å². The maximum atomic E-state index is 9.50. The van der Waals surface area contributed by atoms with Gasteiger partial charge in [0.05, 0.1) is 7.18 Å². The molecule has 0 unspecified atom stereocenters. The highest BCUT2D eigenvalue weighted by molar-refractivity contribution is 5.40. The predicted molar refractivity (Wildman–Crippen MR) is 120 cm³/mol. The molecule has 2 fully saturated rings. The molecule has 0 spiro atoms. The molecule has 3 rings (SSSR count). The van der Waals surface area contributed by atoms with Gasteiger partial charge in [0, 0.05) is 49.7 Å². The third-order valence-electron chi connectivity index (χ3n) is 5.17. The van der Waals surface area contributed by atoms with Crippen molar-refractivity contribution in [3.8, 4) is 0 Å². The molecule has 1 aromatic carbocycles. The van der Waals surface area contributed by atoms with Crippen LogP contribution < -0.4 is 5.73 Å². The molecule has 1 aliphatic carbocycles. The van der Waals surface area contributed by atoms with Gasteiger partial charge in [0.15, 0.2) is 0 Å². The molecule has 2 N–H and O–H groups in total. The minimum Gasteiger partial charge on any atom is -0.399 e. The van der Waals surface area contributed by atoms with Crippen LogP contribution in [0, 0.1) is 12.8 Å². The van der Waals surface area contributed by atoms with Crippen LogP contribution in [0.5, 0.6) is 0 Å². The molecular weight excluding hydrogens is 349 g/mol. The first-order valence-electron chi connectivity index (χ1n) is 10.3. The van der Waals surface area contributed by atoms with E-state index in [0.717, 1.165) is 38.4 Å². The first kappa shape index (κ1) is 24.0. The number of rotatable bonds is 6. The Labute approximate surface area is 171 Å². The Balaban J connectivity index is 0.000000921. The van der Waals surface area contributed by atoms with Crippen molar-refractivity contribution in [2.45, 2.75) is 40.2 Å². The van der Waals surface area contributed by atoms with Gasteiger partial charge in [0.25, 0.3) is 0 Å². The maximum Gasteiger partial charge on any atom is 0.0785 e. The van der Waals surface area contributed by atoms with Gasteiger partial charge < -0.3 is 10.6 Å². The van der Waals surface area contributed by atoms with Crippen LogP contribution in [0.3, 0.4) is 0 Å². The van der Waals surface area contributed by atoms with Gasteiger partial charge in [-0.3, -0.25) is 9.29 Å². The lowest BCUT2D eigenvalue weighted by Crippen LogP contribution is -2.45. The van der Waals surface area contributed by atoms with Crippen molar-refractivity contribution in [1.29, 1.82) is 0 Å². The average Bonchev–Trinajstić information content (AvgIpc) is 3.56. The predicted octanol–water partition coefficient (Wildman–Crippen LogP) is 5.05. The summed E-state index contributed by atoms with van der Waals surface area (Å²) in [6.07, 6.45) is 4.44. The average molecular weight is 388 g/mol. The summed E-state index contributed by atoms with van der Waals surface area (Å²) in [6, 6.07) is 8.67. The number of allylic oxidation sites excluding steroid dienone is 2. The highest BCUT2D eigenvalue weighted by Gasteiger charge is 2.31. The number of nitrogens with zero attached hydrogens (tertiary/aromatic N) is 2. The monoisotopic (exact) mass is 387 g/mol. The van der Waals surface area contributed by atoms with Gasteiger partial charge in [-0.15, -0.1) is 0 Å². The second-order valence-electron chi connectivity index (χ2n) is 6.99. The molecule has 2 aliphatic rings. The van der Waals surface area contributed by atoms with Crippen LogP contribution in [-0.4, -0.2) is 43.2 Å². The highest BCUT2D eigenvalue weighted by Crippen LogP contribution is 2.41. The number of hydrogen-bond acceptors (Lipinski definition) is 3. The highest BCUT2D eigenvalue weighted by atomic mass is 19.1. The van der Waals surface area contributed by atoms with Crippen molar-refractivity contribution in [2.24, 2.45) is 11.7 Å². The van der Waals surface area contributed by atoms with Crippen molar-refractivity contribution in [3.05, 3.63) is 71.6 Å². The maximum absolute atomic E-state index is 9.50. The number of hydrogen-bond donors (Lipinski definition) is 1. The fourth-order valence-corrected chi connectivity index (χ4v) is 3.59. The fraction of sp³-hybridized carbons (Fsp3) is 0.500. The quantitative estimate of drug-likeness (QED) is 0.694. The van der Waals surface area contributed by atoms with E-state index in [4.69, 9.17) is 5.73 Å². The Morgan fingerprint density at radius 3 is 2.18 bits per heavy atom. The second kappa shape index (κ2) is 12.4. The molecular formula is C24H38FN3. The van der Waals surface area contributed by atoms with Gasteiger partial charge in [-0.25, -0.2) is 0 Å². The van der Waals surface area contributed by atoms with E-state index in [-0.39, 0.29) is 0 Å². The van der Waals surface area contributed by atoms with Crippen molar-refractivity contribution in [1.82, 2.24) is 9.80 Å². The zero-order valence-electron chi connectivity index (χ0n) is 18.2. The van der Waals surface area contributed by atoms with E-state index in [1.165, 1.54) is 35.2 Å².